The van der Waals surface area contributed by atoms with Crippen LogP contribution >= 0.6 is 0 Å². The fourth-order valence-electron chi connectivity index (χ4n) is 5.71. The van der Waals surface area contributed by atoms with Crippen LogP contribution in [0.25, 0.3) is 33.2 Å². The number of carbonyl (C=O) groups excluding carboxylic acids is 1. The van der Waals surface area contributed by atoms with Crippen LogP contribution in [0.1, 0.15) is 32.0 Å². The Morgan fingerprint density at radius 1 is 1.18 bits per heavy atom. The molecule has 206 valence electrons. The van der Waals surface area contributed by atoms with E-state index in [0.717, 1.165) is 52.7 Å². The number of fused-ring (bicyclic) bond motifs is 2. The second-order valence-electron chi connectivity index (χ2n) is 10.7. The molecule has 6 rings (SSSR count). The molecule has 10 heteroatoms. The van der Waals surface area contributed by atoms with Crippen molar-refractivity contribution >= 4 is 39.3 Å². The van der Waals surface area contributed by atoms with Crippen molar-refractivity contribution in [2.75, 3.05) is 31.2 Å². The third kappa shape index (κ3) is 4.54. The van der Waals surface area contributed by atoms with Crippen LogP contribution in [0.15, 0.2) is 54.9 Å². The molecule has 1 unspecified atom stereocenters. The van der Waals surface area contributed by atoms with Crippen LogP contribution in [0, 0.1) is 0 Å². The number of aromatic nitrogens is 5. The van der Waals surface area contributed by atoms with E-state index >= 15 is 0 Å². The number of ether oxygens (including phenoxy) is 1. The van der Waals surface area contributed by atoms with E-state index in [1.165, 1.54) is 6.33 Å². The summed E-state index contributed by atoms with van der Waals surface area (Å²) in [4.78, 5) is 24.3. The van der Waals surface area contributed by atoms with Gasteiger partial charge in [-0.05, 0) is 49.9 Å². The number of nitrogens with two attached hydrogens (primary N) is 1. The SMILES string of the molecule is COc1cc(-c2nn(C3CCN(C(C)C)C3)c3ncnc(N)c23)ccc1NC(=O)Cc1cc2ccccc2n1C. The van der Waals surface area contributed by atoms with E-state index in [1.807, 2.05) is 64.8 Å². The van der Waals surface area contributed by atoms with Crippen LogP contribution in [0.3, 0.4) is 0 Å². The first-order valence-electron chi connectivity index (χ1n) is 13.6. The predicted molar refractivity (Wildman–Crippen MR) is 157 cm³/mol. The molecule has 0 radical (unpaired) electrons. The molecule has 0 aliphatic carbocycles. The Bertz CT molecular complexity index is 1720. The van der Waals surface area contributed by atoms with Gasteiger partial charge in [0.2, 0.25) is 5.91 Å². The Kier molecular flexibility index (Phi) is 6.63. The zero-order valence-corrected chi connectivity index (χ0v) is 23.3. The molecule has 1 aliphatic heterocycles. The number of aryl methyl sites for hydroxylation is 1. The van der Waals surface area contributed by atoms with Crippen molar-refractivity contribution in [3.63, 3.8) is 0 Å². The Labute approximate surface area is 232 Å². The number of hydrogen-bond acceptors (Lipinski definition) is 7. The monoisotopic (exact) mass is 538 g/mol. The van der Waals surface area contributed by atoms with Gasteiger partial charge >= 0.3 is 0 Å². The Balaban J connectivity index is 1.29. The van der Waals surface area contributed by atoms with Crippen molar-refractivity contribution in [2.45, 2.75) is 38.8 Å². The molecule has 2 aromatic carbocycles. The number of methoxy groups -OCH3 is 1. The van der Waals surface area contributed by atoms with Crippen LogP contribution in [-0.4, -0.2) is 61.4 Å². The number of nitrogens with one attached hydrogen (secondary N) is 1. The molecule has 0 saturated carbocycles. The smallest absolute Gasteiger partial charge is 0.230 e. The number of amides is 1. The van der Waals surface area contributed by atoms with Crippen LogP contribution in [-0.2, 0) is 18.3 Å². The first-order valence-corrected chi connectivity index (χ1v) is 13.6. The van der Waals surface area contributed by atoms with Crippen molar-refractivity contribution in [1.82, 2.24) is 29.2 Å². The largest absolute Gasteiger partial charge is 0.495 e. The number of para-hydroxylation sites is 1. The van der Waals surface area contributed by atoms with Gasteiger partial charge in [-0.15, -0.1) is 0 Å². The van der Waals surface area contributed by atoms with E-state index in [1.54, 1.807) is 7.11 Å². The minimum Gasteiger partial charge on any atom is -0.495 e. The van der Waals surface area contributed by atoms with Crippen molar-refractivity contribution in [1.29, 1.82) is 0 Å². The second-order valence-corrected chi connectivity index (χ2v) is 10.7. The van der Waals surface area contributed by atoms with Crippen molar-refractivity contribution < 1.29 is 9.53 Å². The first-order chi connectivity index (χ1) is 19.3. The maximum Gasteiger partial charge on any atom is 0.230 e. The van der Waals surface area contributed by atoms with Crippen LogP contribution in [0.4, 0.5) is 11.5 Å². The van der Waals surface area contributed by atoms with Gasteiger partial charge in [0, 0.05) is 43.0 Å². The van der Waals surface area contributed by atoms with Crippen molar-refractivity contribution in [3.05, 3.63) is 60.6 Å². The van der Waals surface area contributed by atoms with Gasteiger partial charge in [-0.25, -0.2) is 14.6 Å². The molecule has 5 aromatic rings. The van der Waals surface area contributed by atoms with Gasteiger partial charge in [0.1, 0.15) is 23.6 Å². The number of rotatable bonds is 7. The molecule has 10 nitrogen and oxygen atoms in total. The molecule has 1 saturated heterocycles. The van der Waals surface area contributed by atoms with Gasteiger partial charge in [0.05, 0.1) is 30.6 Å². The highest BCUT2D eigenvalue weighted by atomic mass is 16.5. The predicted octanol–water partition coefficient (Wildman–Crippen LogP) is 4.41. The first kappa shape index (κ1) is 25.8. The number of anilines is 2. The van der Waals surface area contributed by atoms with E-state index in [9.17, 15) is 4.79 Å². The number of nitrogens with zero attached hydrogens (tertiary/aromatic N) is 6. The fourth-order valence-corrected chi connectivity index (χ4v) is 5.71. The van der Waals surface area contributed by atoms with Crippen LogP contribution in [0.2, 0.25) is 0 Å². The van der Waals surface area contributed by atoms with Crippen molar-refractivity contribution in [3.8, 4) is 17.0 Å². The third-order valence-electron chi connectivity index (χ3n) is 7.93. The number of nitrogen functional groups attached to an aromatic ring is 1. The molecule has 1 atom stereocenters. The molecule has 3 aromatic heterocycles. The van der Waals surface area contributed by atoms with E-state index in [0.29, 0.717) is 29.0 Å². The lowest BCUT2D eigenvalue weighted by Crippen LogP contribution is -2.28. The molecule has 1 aliphatic rings. The fraction of sp³-hybridized carbons (Fsp3) is 0.333. The Morgan fingerprint density at radius 3 is 2.75 bits per heavy atom. The van der Waals surface area contributed by atoms with Crippen LogP contribution < -0.4 is 15.8 Å². The molecule has 40 heavy (non-hydrogen) atoms. The number of carbonyl (C=O) groups is 1. The summed E-state index contributed by atoms with van der Waals surface area (Å²) in [5.41, 5.74) is 11.2. The summed E-state index contributed by atoms with van der Waals surface area (Å²) in [5, 5.41) is 9.86. The average Bonchev–Trinajstić information content (AvgIpc) is 3.66. The zero-order chi connectivity index (χ0) is 28.0. The maximum atomic E-state index is 13.0. The number of likely N-dealkylation sites (tertiary alicyclic amines) is 1. The lowest BCUT2D eigenvalue weighted by atomic mass is 10.1. The highest BCUT2D eigenvalue weighted by Gasteiger charge is 2.29. The van der Waals surface area contributed by atoms with E-state index < -0.39 is 0 Å². The maximum absolute atomic E-state index is 13.0. The van der Waals surface area contributed by atoms with E-state index in [2.05, 4.69) is 34.0 Å². The lowest BCUT2D eigenvalue weighted by Gasteiger charge is -2.20. The molecular formula is C30H34N8O2. The summed E-state index contributed by atoms with van der Waals surface area (Å²) in [6, 6.07) is 16.5. The highest BCUT2D eigenvalue weighted by molar-refractivity contribution is 6.00. The Morgan fingerprint density at radius 2 is 2.00 bits per heavy atom. The summed E-state index contributed by atoms with van der Waals surface area (Å²) in [5.74, 6) is 0.796. The summed E-state index contributed by atoms with van der Waals surface area (Å²) in [7, 11) is 3.57. The topological polar surface area (TPSA) is 116 Å². The van der Waals surface area contributed by atoms with Gasteiger partial charge in [0.25, 0.3) is 0 Å². The molecule has 3 N–H and O–H groups in total. The van der Waals surface area contributed by atoms with Crippen LogP contribution in [0.5, 0.6) is 5.75 Å². The molecule has 1 amide bonds. The summed E-state index contributed by atoms with van der Waals surface area (Å²) in [6.07, 6.45) is 2.72. The van der Waals surface area contributed by atoms with Gasteiger partial charge in [-0.1, -0.05) is 24.3 Å². The molecule has 0 bridgehead atoms. The molecule has 0 spiro atoms. The number of benzene rings is 2. The van der Waals surface area contributed by atoms with Gasteiger partial charge in [-0.3, -0.25) is 9.69 Å². The van der Waals surface area contributed by atoms with Crippen molar-refractivity contribution in [2.24, 2.45) is 7.05 Å². The summed E-state index contributed by atoms with van der Waals surface area (Å²) >= 11 is 0. The van der Waals surface area contributed by atoms with Gasteiger partial charge in [0.15, 0.2) is 5.65 Å². The molecule has 4 heterocycles. The Hall–Kier alpha value is -4.44. The zero-order valence-electron chi connectivity index (χ0n) is 23.3. The van der Waals surface area contributed by atoms with Gasteiger partial charge < -0.3 is 20.4 Å². The lowest BCUT2D eigenvalue weighted by molar-refractivity contribution is -0.115. The standard InChI is InChI=1S/C30H34N8O2/c1-18(2)37-12-11-21(16-37)38-30-27(29(31)32-17-33-30)28(35-38)20-9-10-23(25(14-20)40-4)34-26(39)15-22-13-19-7-5-6-8-24(19)36(22)3/h5-10,13-14,17-18,21H,11-12,15-16H2,1-4H3,(H,34,39)(H2,31,32,33). The highest BCUT2D eigenvalue weighted by Crippen LogP contribution is 2.37. The average molecular weight is 539 g/mol. The second kappa shape index (κ2) is 10.3. The quantitative estimate of drug-likeness (QED) is 0.315. The minimum atomic E-state index is -0.125. The van der Waals surface area contributed by atoms with E-state index in [4.69, 9.17) is 15.6 Å². The molecular weight excluding hydrogens is 504 g/mol. The normalized spacial score (nSPS) is 15.9. The van der Waals surface area contributed by atoms with E-state index in [-0.39, 0.29) is 18.4 Å². The minimum absolute atomic E-state index is 0.125. The third-order valence-corrected chi connectivity index (χ3v) is 7.93. The number of hydrogen-bond donors (Lipinski definition) is 2. The summed E-state index contributed by atoms with van der Waals surface area (Å²) in [6.45, 7) is 6.34. The van der Waals surface area contributed by atoms with Gasteiger partial charge in [-0.2, -0.15) is 5.10 Å². The molecule has 1 fully saturated rings. The summed E-state index contributed by atoms with van der Waals surface area (Å²) < 4.78 is 9.74.